The zero-order valence-electron chi connectivity index (χ0n) is 7.92. The van der Waals surface area contributed by atoms with E-state index in [0.29, 0.717) is 6.61 Å². The van der Waals surface area contributed by atoms with Crippen LogP contribution in [0, 0.1) is 0 Å². The predicted octanol–water partition coefficient (Wildman–Crippen LogP) is -2.81. The molecule has 1 fully saturated rings. The maximum absolute atomic E-state index is 11.7. The van der Waals surface area contributed by atoms with E-state index in [1.165, 1.54) is 0 Å². The molecule has 6 nitrogen and oxygen atoms in total. The Morgan fingerprint density at radius 3 is 2.57 bits per heavy atom. The minimum absolute atomic E-state index is 0.319. The van der Waals surface area contributed by atoms with Gasteiger partial charge in [-0.2, -0.15) is 0 Å². The first kappa shape index (κ1) is 11.8. The third-order valence-electron chi connectivity index (χ3n) is 2.19. The lowest BCUT2D eigenvalue weighted by Crippen LogP contribution is -2.57. The van der Waals surface area contributed by atoms with Crippen LogP contribution >= 0.6 is 0 Å². The zero-order valence-corrected chi connectivity index (χ0v) is 7.92. The molecular weight excluding hydrogens is 192 g/mol. The summed E-state index contributed by atoms with van der Waals surface area (Å²) in [5, 5.41) is 39.1. The Kier molecular flexibility index (Phi) is 3.82. The van der Waals surface area contributed by atoms with Gasteiger partial charge in [0.2, 0.25) is 0 Å². The lowest BCUT2D eigenvalue weighted by molar-refractivity contribution is -0.569. The van der Waals surface area contributed by atoms with Gasteiger partial charge in [-0.3, -0.25) is 0 Å². The van der Waals surface area contributed by atoms with Gasteiger partial charge in [0.15, 0.2) is 0 Å². The van der Waals surface area contributed by atoms with Crippen LogP contribution in [-0.2, 0) is 9.47 Å². The van der Waals surface area contributed by atoms with Gasteiger partial charge in [-0.05, 0) is 6.92 Å². The molecule has 0 saturated carbocycles. The van der Waals surface area contributed by atoms with Gasteiger partial charge in [-0.15, -0.1) is 0 Å². The van der Waals surface area contributed by atoms with Crippen LogP contribution in [0.5, 0.6) is 0 Å². The monoisotopic (exact) mass is 207 g/mol. The van der Waals surface area contributed by atoms with Gasteiger partial charge >= 0.3 is 0 Å². The van der Waals surface area contributed by atoms with Crippen LogP contribution in [0.4, 0.5) is 0 Å². The van der Waals surface area contributed by atoms with E-state index in [-0.39, 0.29) is 6.61 Å². The van der Waals surface area contributed by atoms with Crippen LogP contribution in [0.3, 0.4) is 0 Å². The summed E-state index contributed by atoms with van der Waals surface area (Å²) in [4.78, 5) is 0. The summed E-state index contributed by atoms with van der Waals surface area (Å²) in [5.41, 5.74) is 0. The summed E-state index contributed by atoms with van der Waals surface area (Å²) in [6.45, 7) is 1.16. The minimum atomic E-state index is -2.18. The fourth-order valence-corrected chi connectivity index (χ4v) is 1.37. The first-order valence-electron chi connectivity index (χ1n) is 4.48. The van der Waals surface area contributed by atoms with Crippen LogP contribution in [0.1, 0.15) is 6.92 Å². The first-order chi connectivity index (χ1) is 6.55. The maximum Gasteiger partial charge on any atom is 0.110 e. The summed E-state index contributed by atoms with van der Waals surface area (Å²) in [6.07, 6.45) is -3.98. The molecule has 0 bridgehead atoms. The van der Waals surface area contributed by atoms with Crippen molar-refractivity contribution in [1.82, 2.24) is 0 Å². The molecule has 0 aromatic carbocycles. The van der Waals surface area contributed by atoms with Crippen molar-refractivity contribution in [3.8, 4) is 0 Å². The molecule has 0 unspecified atom stereocenters. The first-order valence-corrected chi connectivity index (χ1v) is 4.48. The van der Waals surface area contributed by atoms with Gasteiger partial charge in [0, 0.05) is 12.4 Å². The van der Waals surface area contributed by atoms with Crippen molar-refractivity contribution in [1.29, 1.82) is 0 Å². The Bertz CT molecular complexity index is 187. The molecule has 1 aliphatic rings. The second kappa shape index (κ2) is 4.52. The van der Waals surface area contributed by atoms with Crippen molar-refractivity contribution in [3.63, 3.8) is 0 Å². The van der Waals surface area contributed by atoms with Crippen molar-refractivity contribution in [2.45, 2.75) is 31.0 Å². The Hall–Kier alpha value is -0.240. The molecular formula is C8H15O6-. The molecule has 1 rings (SSSR count). The molecule has 1 saturated heterocycles. The molecule has 84 valence electrons. The average Bonchev–Trinajstić information content (AvgIpc) is 2.40. The fraction of sp³-hybridized carbons (Fsp3) is 1.00. The molecule has 0 aromatic heterocycles. The van der Waals surface area contributed by atoms with Crippen molar-refractivity contribution >= 4 is 0 Å². The molecule has 6 heteroatoms. The Morgan fingerprint density at radius 2 is 2.14 bits per heavy atom. The molecule has 4 atom stereocenters. The van der Waals surface area contributed by atoms with E-state index in [4.69, 9.17) is 14.6 Å². The topological polar surface area (TPSA) is 102 Å². The number of aliphatic hydroxyl groups is 3. The second-order valence-electron chi connectivity index (χ2n) is 3.22. The second-order valence-corrected chi connectivity index (χ2v) is 3.22. The number of rotatable bonds is 4. The van der Waals surface area contributed by atoms with Gasteiger partial charge in [-0.25, -0.2) is 0 Å². The summed E-state index contributed by atoms with van der Waals surface area (Å²) >= 11 is 0. The minimum Gasteiger partial charge on any atom is -0.825 e. The van der Waals surface area contributed by atoms with E-state index in [1.54, 1.807) is 6.92 Å². The third kappa shape index (κ3) is 2.05. The largest absolute Gasteiger partial charge is 0.825 e. The molecule has 3 N–H and O–H groups in total. The van der Waals surface area contributed by atoms with Crippen LogP contribution in [0.15, 0.2) is 0 Å². The maximum atomic E-state index is 11.7. The highest BCUT2D eigenvalue weighted by Gasteiger charge is 2.46. The third-order valence-corrected chi connectivity index (χ3v) is 2.19. The SMILES string of the molecule is CCOC[C@]1([O-])O[C@H](CO)[C@@H](O)[C@@H]1O. The number of hydrogen-bond donors (Lipinski definition) is 3. The highest BCUT2D eigenvalue weighted by molar-refractivity contribution is 4.94. The lowest BCUT2D eigenvalue weighted by atomic mass is 10.1. The summed E-state index contributed by atoms with van der Waals surface area (Å²) in [7, 11) is 0. The molecule has 0 radical (unpaired) electrons. The Balaban J connectivity index is 2.61. The van der Waals surface area contributed by atoms with Crippen molar-refractivity contribution in [3.05, 3.63) is 0 Å². The Morgan fingerprint density at radius 1 is 1.50 bits per heavy atom. The molecule has 0 aliphatic carbocycles. The van der Waals surface area contributed by atoms with Gasteiger partial charge in [0.1, 0.15) is 12.2 Å². The van der Waals surface area contributed by atoms with Crippen LogP contribution < -0.4 is 5.11 Å². The summed E-state index contributed by atoms with van der Waals surface area (Å²) in [5.74, 6) is -2.18. The van der Waals surface area contributed by atoms with Gasteiger partial charge < -0.3 is 29.9 Å². The average molecular weight is 207 g/mol. The molecule has 1 aliphatic heterocycles. The summed E-state index contributed by atoms with van der Waals surface area (Å²) in [6, 6.07) is 0. The highest BCUT2D eigenvalue weighted by atomic mass is 16.7. The van der Waals surface area contributed by atoms with Crippen LogP contribution in [-0.4, -0.2) is 59.2 Å². The normalized spacial score (nSPS) is 43.1. The van der Waals surface area contributed by atoms with Crippen molar-refractivity contribution < 1.29 is 29.9 Å². The highest BCUT2D eigenvalue weighted by Crippen LogP contribution is 2.26. The molecule has 0 amide bonds. The van der Waals surface area contributed by atoms with E-state index in [9.17, 15) is 15.3 Å². The Labute approximate surface area is 81.7 Å². The predicted molar refractivity (Wildman–Crippen MR) is 43.2 cm³/mol. The van der Waals surface area contributed by atoms with Gasteiger partial charge in [-0.1, -0.05) is 0 Å². The van der Waals surface area contributed by atoms with E-state index >= 15 is 0 Å². The van der Waals surface area contributed by atoms with Crippen molar-refractivity contribution in [2.75, 3.05) is 19.8 Å². The van der Waals surface area contributed by atoms with Crippen molar-refractivity contribution in [2.24, 2.45) is 0 Å². The lowest BCUT2D eigenvalue weighted by Gasteiger charge is -2.37. The number of aliphatic hydroxyl groups excluding tert-OH is 3. The van der Waals surface area contributed by atoms with Crippen LogP contribution in [0.2, 0.25) is 0 Å². The number of hydrogen-bond acceptors (Lipinski definition) is 6. The van der Waals surface area contributed by atoms with Gasteiger partial charge in [0.05, 0.1) is 19.3 Å². The smallest absolute Gasteiger partial charge is 0.110 e. The molecule has 1 heterocycles. The zero-order chi connectivity index (χ0) is 10.8. The summed E-state index contributed by atoms with van der Waals surface area (Å²) < 4.78 is 9.64. The van der Waals surface area contributed by atoms with E-state index in [1.807, 2.05) is 0 Å². The quantitative estimate of drug-likeness (QED) is 0.460. The molecule has 0 spiro atoms. The fourth-order valence-electron chi connectivity index (χ4n) is 1.37. The van der Waals surface area contributed by atoms with Gasteiger partial charge in [0.25, 0.3) is 0 Å². The van der Waals surface area contributed by atoms with E-state index in [0.717, 1.165) is 0 Å². The standard InChI is InChI=1S/C8H15O6/c1-2-13-4-8(12)7(11)6(10)5(3-9)14-8/h5-7,9-11H,2-4H2,1H3/q-1/t5-,6-,7+,8+/m1/s1. The molecule has 14 heavy (non-hydrogen) atoms. The molecule has 0 aromatic rings. The van der Waals surface area contributed by atoms with Crippen LogP contribution in [0.25, 0.3) is 0 Å². The number of ether oxygens (including phenoxy) is 2. The van der Waals surface area contributed by atoms with E-state index in [2.05, 4.69) is 0 Å². The van der Waals surface area contributed by atoms with E-state index < -0.39 is 30.7 Å².